The van der Waals surface area contributed by atoms with Crippen LogP contribution < -0.4 is 4.90 Å². The van der Waals surface area contributed by atoms with Crippen LogP contribution >= 0.6 is 0 Å². The van der Waals surface area contributed by atoms with Crippen molar-refractivity contribution in [3.05, 3.63) is 89.9 Å². The molecule has 4 aromatic heterocycles. The smallest absolute Gasteiger partial charge is 0.254 e. The van der Waals surface area contributed by atoms with Gasteiger partial charge in [0.2, 0.25) is 0 Å². The van der Waals surface area contributed by atoms with E-state index in [2.05, 4.69) is 38.1 Å². The minimum Gasteiger partial charge on any atom is -0.352 e. The molecule has 2 bridgehead atoms. The number of amides is 1. The Morgan fingerprint density at radius 3 is 2.57 bits per heavy atom. The highest BCUT2D eigenvalue weighted by Gasteiger charge is 2.47. The number of rotatable bonds is 5. The average Bonchev–Trinajstić information content (AvgIpc) is 3.63. The number of nitrogens with zero attached hydrogens (tertiary/aromatic N) is 8. The van der Waals surface area contributed by atoms with Gasteiger partial charge in [-0.1, -0.05) is 5.92 Å². The van der Waals surface area contributed by atoms with E-state index >= 15 is 0 Å². The standard InChI is InChI=1S/C32H27FN8O/c1-4-20-9-21(5-7-29(20)33)32(42)41-26-11-27(41)19-39(18-26)30-8-6-22(13-35-30)28-10-23(25-15-36-38(3)16-25)17-40-31(28)24(12-34-2)14-37-40/h1,5-10,12-17,26-27H,11,18-19H2,2-3H3/b34-12+. The first kappa shape index (κ1) is 25.7. The van der Waals surface area contributed by atoms with Crippen molar-refractivity contribution in [3.8, 4) is 34.6 Å². The Balaban J connectivity index is 1.15. The quantitative estimate of drug-likeness (QED) is 0.240. The number of carbonyl (C=O) groups is 1. The molecule has 0 saturated carbocycles. The summed E-state index contributed by atoms with van der Waals surface area (Å²) in [5.74, 6) is 2.57. The van der Waals surface area contributed by atoms with Crippen molar-refractivity contribution < 1.29 is 9.18 Å². The number of carbonyl (C=O) groups excluding carboxylic acids is 1. The number of piperazine rings is 1. The first-order chi connectivity index (χ1) is 20.4. The SMILES string of the molecule is C#Cc1cc(C(=O)N2C3CC2CN(c2ccc(-c4cc(-c5cnn(C)c5)cn5ncc(/C=N/C)c45)cn2)C3)ccc1F. The minimum atomic E-state index is -0.494. The minimum absolute atomic E-state index is 0.0653. The molecule has 2 unspecified atom stereocenters. The third-order valence-electron chi connectivity index (χ3n) is 8.13. The summed E-state index contributed by atoms with van der Waals surface area (Å²) < 4.78 is 17.5. The predicted molar refractivity (Wildman–Crippen MR) is 159 cm³/mol. The molecule has 3 aliphatic heterocycles. The van der Waals surface area contributed by atoms with E-state index in [0.29, 0.717) is 18.7 Å². The number of terminal acetylenes is 1. The maximum absolute atomic E-state index is 13.9. The molecule has 1 amide bonds. The first-order valence-corrected chi connectivity index (χ1v) is 13.7. The zero-order chi connectivity index (χ0) is 29.0. The van der Waals surface area contributed by atoms with Gasteiger partial charge in [0.25, 0.3) is 5.91 Å². The molecule has 5 aromatic rings. The summed E-state index contributed by atoms with van der Waals surface area (Å²) >= 11 is 0. The van der Waals surface area contributed by atoms with Crippen molar-refractivity contribution >= 4 is 23.5 Å². The number of aromatic nitrogens is 5. The van der Waals surface area contributed by atoms with Gasteiger partial charge in [-0.25, -0.2) is 13.9 Å². The molecule has 1 aromatic carbocycles. The number of pyridine rings is 2. The van der Waals surface area contributed by atoms with Gasteiger partial charge >= 0.3 is 0 Å². The molecule has 9 nitrogen and oxygen atoms in total. The lowest BCUT2D eigenvalue weighted by Crippen LogP contribution is -2.70. The molecule has 42 heavy (non-hydrogen) atoms. The number of fused-ring (bicyclic) bond motifs is 3. The summed E-state index contributed by atoms with van der Waals surface area (Å²) in [6, 6.07) is 10.6. The van der Waals surface area contributed by atoms with Crippen molar-refractivity contribution in [2.45, 2.75) is 18.5 Å². The van der Waals surface area contributed by atoms with Gasteiger partial charge in [-0.3, -0.25) is 14.5 Å². The average molecular weight is 559 g/mol. The van der Waals surface area contributed by atoms with Crippen LogP contribution in [0.2, 0.25) is 0 Å². The van der Waals surface area contributed by atoms with Gasteiger partial charge in [0.1, 0.15) is 11.6 Å². The Hall–Kier alpha value is -5.30. The molecule has 2 atom stereocenters. The molecule has 8 rings (SSSR count). The van der Waals surface area contributed by atoms with Crippen LogP contribution in [0.25, 0.3) is 27.8 Å². The molecule has 0 N–H and O–H groups in total. The highest BCUT2D eigenvalue weighted by atomic mass is 19.1. The lowest BCUT2D eigenvalue weighted by Gasteiger charge is -2.56. The molecular weight excluding hydrogens is 531 g/mol. The fourth-order valence-electron chi connectivity index (χ4n) is 6.11. The Bertz CT molecular complexity index is 1900. The number of hydrogen-bond acceptors (Lipinski definition) is 6. The molecule has 3 saturated heterocycles. The van der Waals surface area contributed by atoms with E-state index in [1.54, 1.807) is 11.7 Å². The van der Waals surface area contributed by atoms with Crippen molar-refractivity contribution in [2.24, 2.45) is 12.0 Å². The Kier molecular flexibility index (Phi) is 6.08. The zero-order valence-corrected chi connectivity index (χ0v) is 23.1. The molecule has 208 valence electrons. The predicted octanol–water partition coefficient (Wildman–Crippen LogP) is 4.07. The van der Waals surface area contributed by atoms with Crippen LogP contribution in [0.15, 0.2) is 72.4 Å². The van der Waals surface area contributed by atoms with Crippen molar-refractivity contribution in [2.75, 3.05) is 25.0 Å². The number of piperidine rings is 1. The highest BCUT2D eigenvalue weighted by Crippen LogP contribution is 2.37. The summed E-state index contributed by atoms with van der Waals surface area (Å²) in [7, 11) is 3.64. The lowest BCUT2D eigenvalue weighted by molar-refractivity contribution is 0.00576. The second-order valence-corrected chi connectivity index (χ2v) is 10.7. The molecule has 3 fully saturated rings. The number of hydrogen-bond donors (Lipinski definition) is 0. The van der Waals surface area contributed by atoms with Crippen molar-refractivity contribution in [3.63, 3.8) is 0 Å². The van der Waals surface area contributed by atoms with Gasteiger partial charge in [0, 0.05) is 85.4 Å². The summed E-state index contributed by atoms with van der Waals surface area (Å²) in [5.41, 5.74) is 6.33. The summed E-state index contributed by atoms with van der Waals surface area (Å²) in [4.78, 5) is 26.4. The van der Waals surface area contributed by atoms with Crippen molar-refractivity contribution in [1.82, 2.24) is 29.3 Å². The summed E-state index contributed by atoms with van der Waals surface area (Å²) in [6.07, 6.45) is 17.7. The zero-order valence-electron chi connectivity index (χ0n) is 23.1. The number of anilines is 1. The Morgan fingerprint density at radius 1 is 1.05 bits per heavy atom. The van der Waals surface area contributed by atoms with E-state index in [1.807, 2.05) is 59.7 Å². The maximum atomic E-state index is 13.9. The van der Waals surface area contributed by atoms with Crippen LogP contribution in [0.3, 0.4) is 0 Å². The second kappa shape index (κ2) is 9.96. The van der Waals surface area contributed by atoms with Gasteiger partial charge < -0.3 is 9.80 Å². The molecule has 0 aliphatic carbocycles. The van der Waals surface area contributed by atoms with Gasteiger partial charge in [-0.2, -0.15) is 10.2 Å². The van der Waals surface area contributed by atoms with E-state index in [1.165, 1.54) is 18.2 Å². The van der Waals surface area contributed by atoms with Gasteiger partial charge in [-0.05, 0) is 42.8 Å². The topological polar surface area (TPSA) is 83.9 Å². The fourth-order valence-corrected chi connectivity index (χ4v) is 6.11. The van der Waals surface area contributed by atoms with Crippen LogP contribution in [-0.4, -0.2) is 73.6 Å². The Morgan fingerprint density at radius 2 is 1.88 bits per heavy atom. The van der Waals surface area contributed by atoms with Crippen molar-refractivity contribution in [1.29, 1.82) is 0 Å². The van der Waals surface area contributed by atoms with Crippen LogP contribution in [0.5, 0.6) is 0 Å². The molecule has 10 heteroatoms. The fraction of sp³-hybridized carbons (Fsp3) is 0.219. The number of aliphatic imine (C=N–C) groups is 1. The largest absolute Gasteiger partial charge is 0.352 e. The number of aryl methyl sites for hydroxylation is 1. The van der Waals surface area contributed by atoms with Crippen LogP contribution in [0.4, 0.5) is 10.2 Å². The van der Waals surface area contributed by atoms with E-state index in [0.717, 1.165) is 45.6 Å². The lowest BCUT2D eigenvalue weighted by atomic mass is 9.86. The van der Waals surface area contributed by atoms with E-state index < -0.39 is 5.82 Å². The van der Waals surface area contributed by atoms with Gasteiger partial charge in [0.15, 0.2) is 0 Å². The van der Waals surface area contributed by atoms with E-state index in [4.69, 9.17) is 11.4 Å². The molecular formula is C32H27FN8O. The maximum Gasteiger partial charge on any atom is 0.254 e. The summed E-state index contributed by atoms with van der Waals surface area (Å²) in [6.45, 7) is 1.36. The Labute approximate surface area is 241 Å². The van der Waals surface area contributed by atoms with Crippen LogP contribution in [0.1, 0.15) is 27.9 Å². The van der Waals surface area contributed by atoms with Gasteiger partial charge in [-0.15, -0.1) is 6.42 Å². The monoisotopic (exact) mass is 558 g/mol. The van der Waals surface area contributed by atoms with E-state index in [-0.39, 0.29) is 23.6 Å². The molecule has 0 spiro atoms. The third-order valence-corrected chi connectivity index (χ3v) is 8.13. The molecule has 0 radical (unpaired) electrons. The number of benzene rings is 1. The first-order valence-electron chi connectivity index (χ1n) is 13.7. The third kappa shape index (κ3) is 4.21. The van der Waals surface area contributed by atoms with Gasteiger partial charge in [0.05, 0.1) is 35.6 Å². The highest BCUT2D eigenvalue weighted by molar-refractivity contribution is 5.98. The normalized spacial score (nSPS) is 18.0. The molecule has 7 heterocycles. The number of halogens is 1. The second-order valence-electron chi connectivity index (χ2n) is 10.7. The van der Waals surface area contributed by atoms with E-state index in [9.17, 15) is 9.18 Å². The van der Waals surface area contributed by atoms with Crippen LogP contribution in [-0.2, 0) is 7.05 Å². The van der Waals surface area contributed by atoms with Crippen LogP contribution in [0, 0.1) is 18.2 Å². The summed E-state index contributed by atoms with van der Waals surface area (Å²) in [5, 5.41) is 8.91. The molecule has 3 aliphatic rings.